The second-order valence-corrected chi connectivity index (χ2v) is 3.35. The third-order valence-electron chi connectivity index (χ3n) is 2.18. The van der Waals surface area contributed by atoms with Crippen molar-refractivity contribution < 1.29 is 4.39 Å². The summed E-state index contributed by atoms with van der Waals surface area (Å²) >= 11 is 0. The Hall–Kier alpha value is -1.60. The number of nitrogens with two attached hydrogens (primary N) is 1. The van der Waals surface area contributed by atoms with Gasteiger partial charge >= 0.3 is 0 Å². The molecule has 3 N–H and O–H groups in total. The predicted octanol–water partition coefficient (Wildman–Crippen LogP) is 1.85. The van der Waals surface area contributed by atoms with Crippen LogP contribution >= 0.6 is 0 Å². The van der Waals surface area contributed by atoms with Crippen molar-refractivity contribution in [2.45, 2.75) is 19.4 Å². The normalized spacial score (nSPS) is 11.9. The van der Waals surface area contributed by atoms with E-state index in [2.05, 4.69) is 5.32 Å². The zero-order chi connectivity index (χ0) is 11.3. The molecule has 0 saturated carbocycles. The molecule has 1 atom stereocenters. The van der Waals surface area contributed by atoms with Crippen LogP contribution < -0.4 is 11.1 Å². The first-order valence-electron chi connectivity index (χ1n) is 4.86. The summed E-state index contributed by atoms with van der Waals surface area (Å²) in [4.78, 5) is 0. The fraction of sp³-hybridized carbons (Fsp3) is 0.364. The topological polar surface area (TPSA) is 61.8 Å². The summed E-state index contributed by atoms with van der Waals surface area (Å²) in [6.45, 7) is 2.57. The Kier molecular flexibility index (Phi) is 4.07. The van der Waals surface area contributed by atoms with Gasteiger partial charge in [-0.25, -0.2) is 4.39 Å². The van der Waals surface area contributed by atoms with Crippen LogP contribution in [0, 0.1) is 17.1 Å². The third kappa shape index (κ3) is 3.22. The molecule has 1 aromatic rings. The van der Waals surface area contributed by atoms with Crippen LogP contribution in [0.3, 0.4) is 0 Å². The molecule has 0 aliphatic heterocycles. The standard InChI is InChI=1S/C11H14FN3/c1-2-10(14)7-15-11-4-3-9(12)5-8(11)6-13/h3-5,10,15H,2,7,14H2,1H3. The summed E-state index contributed by atoms with van der Waals surface area (Å²) in [5, 5.41) is 11.8. The number of halogens is 1. The molecule has 1 aromatic carbocycles. The number of nitrogens with zero attached hydrogens (tertiary/aromatic N) is 1. The zero-order valence-electron chi connectivity index (χ0n) is 8.63. The number of rotatable bonds is 4. The Balaban J connectivity index is 2.73. The lowest BCUT2D eigenvalue weighted by molar-refractivity contribution is 0.627. The van der Waals surface area contributed by atoms with E-state index >= 15 is 0 Å². The summed E-state index contributed by atoms with van der Waals surface area (Å²) in [6.07, 6.45) is 0.857. The Labute approximate surface area is 88.7 Å². The number of nitrogens with one attached hydrogen (secondary N) is 1. The molecule has 80 valence electrons. The van der Waals surface area contributed by atoms with Crippen molar-refractivity contribution in [2.24, 2.45) is 5.73 Å². The van der Waals surface area contributed by atoms with E-state index < -0.39 is 5.82 Å². The highest BCUT2D eigenvalue weighted by atomic mass is 19.1. The molecule has 0 fully saturated rings. The average Bonchev–Trinajstić information content (AvgIpc) is 2.26. The minimum Gasteiger partial charge on any atom is -0.382 e. The number of hydrogen-bond donors (Lipinski definition) is 2. The highest BCUT2D eigenvalue weighted by Gasteiger charge is 2.04. The van der Waals surface area contributed by atoms with Crippen LogP contribution in [0.4, 0.5) is 10.1 Å². The monoisotopic (exact) mass is 207 g/mol. The van der Waals surface area contributed by atoms with Gasteiger partial charge in [0.05, 0.1) is 11.3 Å². The van der Waals surface area contributed by atoms with Crippen LogP contribution in [0.25, 0.3) is 0 Å². The van der Waals surface area contributed by atoms with E-state index in [9.17, 15) is 4.39 Å². The van der Waals surface area contributed by atoms with Crippen LogP contribution in [-0.2, 0) is 0 Å². The van der Waals surface area contributed by atoms with Crippen molar-refractivity contribution in [3.8, 4) is 6.07 Å². The van der Waals surface area contributed by atoms with Crippen LogP contribution in [0.15, 0.2) is 18.2 Å². The van der Waals surface area contributed by atoms with E-state index in [1.54, 1.807) is 6.07 Å². The van der Waals surface area contributed by atoms with Crippen molar-refractivity contribution in [1.29, 1.82) is 5.26 Å². The zero-order valence-corrected chi connectivity index (χ0v) is 8.63. The quantitative estimate of drug-likeness (QED) is 0.792. The molecule has 0 aliphatic carbocycles. The van der Waals surface area contributed by atoms with Gasteiger partial charge in [-0.2, -0.15) is 5.26 Å². The SMILES string of the molecule is CCC(N)CNc1ccc(F)cc1C#N. The molecular formula is C11H14FN3. The van der Waals surface area contributed by atoms with Crippen LogP contribution in [0.2, 0.25) is 0 Å². The second-order valence-electron chi connectivity index (χ2n) is 3.35. The molecule has 15 heavy (non-hydrogen) atoms. The molecule has 4 heteroatoms. The van der Waals surface area contributed by atoms with Gasteiger partial charge < -0.3 is 11.1 Å². The van der Waals surface area contributed by atoms with Gasteiger partial charge in [0.25, 0.3) is 0 Å². The van der Waals surface area contributed by atoms with Gasteiger partial charge in [0.15, 0.2) is 0 Å². The molecule has 0 radical (unpaired) electrons. The number of benzene rings is 1. The maximum Gasteiger partial charge on any atom is 0.124 e. The summed E-state index contributed by atoms with van der Waals surface area (Å²) in [5.41, 5.74) is 6.65. The Bertz CT molecular complexity index is 371. The highest BCUT2D eigenvalue weighted by Crippen LogP contribution is 2.15. The smallest absolute Gasteiger partial charge is 0.124 e. The molecule has 0 saturated heterocycles. The molecule has 0 bridgehead atoms. The van der Waals surface area contributed by atoms with E-state index in [0.29, 0.717) is 17.8 Å². The maximum absolute atomic E-state index is 12.8. The number of hydrogen-bond acceptors (Lipinski definition) is 3. The molecule has 0 amide bonds. The predicted molar refractivity (Wildman–Crippen MR) is 57.9 cm³/mol. The second kappa shape index (κ2) is 5.32. The lowest BCUT2D eigenvalue weighted by Crippen LogP contribution is -2.28. The van der Waals surface area contributed by atoms with Crippen LogP contribution in [0.1, 0.15) is 18.9 Å². The third-order valence-corrected chi connectivity index (χ3v) is 2.18. The Morgan fingerprint density at radius 2 is 2.33 bits per heavy atom. The van der Waals surface area contributed by atoms with Crippen molar-refractivity contribution in [3.05, 3.63) is 29.6 Å². The van der Waals surface area contributed by atoms with Crippen molar-refractivity contribution >= 4 is 5.69 Å². The molecule has 0 heterocycles. The summed E-state index contributed by atoms with van der Waals surface area (Å²) in [5.74, 6) is -0.406. The molecule has 1 unspecified atom stereocenters. The first-order valence-corrected chi connectivity index (χ1v) is 4.86. The van der Waals surface area contributed by atoms with E-state index in [-0.39, 0.29) is 6.04 Å². The number of nitriles is 1. The lowest BCUT2D eigenvalue weighted by Gasteiger charge is -2.12. The molecule has 0 spiro atoms. The number of anilines is 1. The molecule has 0 aliphatic rings. The molecule has 0 aromatic heterocycles. The lowest BCUT2D eigenvalue weighted by atomic mass is 10.1. The first-order chi connectivity index (χ1) is 7.17. The van der Waals surface area contributed by atoms with E-state index in [1.807, 2.05) is 13.0 Å². The Morgan fingerprint density at radius 3 is 2.93 bits per heavy atom. The summed E-state index contributed by atoms with van der Waals surface area (Å²) in [6, 6.07) is 6.06. The van der Waals surface area contributed by atoms with Crippen molar-refractivity contribution in [1.82, 2.24) is 0 Å². The average molecular weight is 207 g/mol. The summed E-state index contributed by atoms with van der Waals surface area (Å²) < 4.78 is 12.8. The summed E-state index contributed by atoms with van der Waals surface area (Å²) in [7, 11) is 0. The molecule has 3 nitrogen and oxygen atoms in total. The van der Waals surface area contributed by atoms with Crippen LogP contribution in [0.5, 0.6) is 0 Å². The van der Waals surface area contributed by atoms with E-state index in [1.165, 1.54) is 12.1 Å². The van der Waals surface area contributed by atoms with Gasteiger partial charge in [0, 0.05) is 12.6 Å². The minimum absolute atomic E-state index is 0.0431. The van der Waals surface area contributed by atoms with Gasteiger partial charge in [-0.05, 0) is 24.6 Å². The van der Waals surface area contributed by atoms with Gasteiger partial charge in [-0.1, -0.05) is 6.92 Å². The molecule has 1 rings (SSSR count). The van der Waals surface area contributed by atoms with Crippen molar-refractivity contribution in [2.75, 3.05) is 11.9 Å². The van der Waals surface area contributed by atoms with Gasteiger partial charge in [0.1, 0.15) is 11.9 Å². The van der Waals surface area contributed by atoms with E-state index in [0.717, 1.165) is 6.42 Å². The first kappa shape index (κ1) is 11.5. The fourth-order valence-electron chi connectivity index (χ4n) is 1.15. The largest absolute Gasteiger partial charge is 0.382 e. The minimum atomic E-state index is -0.406. The van der Waals surface area contributed by atoms with Crippen molar-refractivity contribution in [3.63, 3.8) is 0 Å². The van der Waals surface area contributed by atoms with Gasteiger partial charge in [-0.15, -0.1) is 0 Å². The maximum atomic E-state index is 12.8. The Morgan fingerprint density at radius 1 is 1.60 bits per heavy atom. The molecular weight excluding hydrogens is 193 g/mol. The van der Waals surface area contributed by atoms with Crippen LogP contribution in [-0.4, -0.2) is 12.6 Å². The van der Waals surface area contributed by atoms with Gasteiger partial charge in [-0.3, -0.25) is 0 Å². The fourth-order valence-corrected chi connectivity index (χ4v) is 1.15. The van der Waals surface area contributed by atoms with Gasteiger partial charge in [0.2, 0.25) is 0 Å². The van der Waals surface area contributed by atoms with E-state index in [4.69, 9.17) is 11.0 Å². The highest BCUT2D eigenvalue weighted by molar-refractivity contribution is 5.57.